The van der Waals surface area contributed by atoms with E-state index in [1.54, 1.807) is 0 Å². The zero-order chi connectivity index (χ0) is 16.0. The second kappa shape index (κ2) is 8.50. The van der Waals surface area contributed by atoms with Gasteiger partial charge in [-0.05, 0) is 6.42 Å². The molecule has 20 heavy (non-hydrogen) atoms. The van der Waals surface area contributed by atoms with Crippen molar-refractivity contribution in [3.8, 4) is 0 Å². The van der Waals surface area contributed by atoms with Gasteiger partial charge in [0.1, 0.15) is 24.4 Å². The number of rotatable bonds is 7. The molecule has 1 aliphatic heterocycles. The molecular formula is C12H24N2O6. The number of aliphatic hydroxyl groups is 4. The minimum atomic E-state index is -1.56. The third-order valence-corrected chi connectivity index (χ3v) is 3.23. The first-order valence-corrected chi connectivity index (χ1v) is 6.80. The van der Waals surface area contributed by atoms with Gasteiger partial charge in [0.25, 0.3) is 0 Å². The van der Waals surface area contributed by atoms with Crippen LogP contribution in [0, 0.1) is 0 Å². The minimum Gasteiger partial charge on any atom is -0.394 e. The zero-order valence-corrected chi connectivity index (χ0v) is 11.5. The van der Waals surface area contributed by atoms with Crippen molar-refractivity contribution in [1.82, 2.24) is 10.8 Å². The van der Waals surface area contributed by atoms with Crippen molar-refractivity contribution in [3.63, 3.8) is 0 Å². The molecule has 6 N–H and O–H groups in total. The Hall–Kier alpha value is -0.770. The van der Waals surface area contributed by atoms with Crippen LogP contribution in [-0.4, -0.2) is 63.6 Å². The fourth-order valence-electron chi connectivity index (χ4n) is 1.97. The number of ether oxygens (including phenoxy) is 1. The van der Waals surface area contributed by atoms with E-state index in [0.29, 0.717) is 11.8 Å². The minimum absolute atomic E-state index is 0.173. The quantitative estimate of drug-likeness (QED) is 0.236. The number of hydrazine groups is 1. The van der Waals surface area contributed by atoms with Gasteiger partial charge in [-0.25, -0.2) is 5.43 Å². The van der Waals surface area contributed by atoms with Crippen LogP contribution >= 0.6 is 0 Å². The molecular weight excluding hydrogens is 268 g/mol. The molecule has 8 nitrogen and oxygen atoms in total. The van der Waals surface area contributed by atoms with Crippen LogP contribution in [0.2, 0.25) is 1.41 Å². The highest BCUT2D eigenvalue weighted by Gasteiger charge is 2.43. The first-order valence-electron chi connectivity index (χ1n) is 7.25. The molecule has 1 heterocycles. The molecule has 0 aromatic heterocycles. The largest absolute Gasteiger partial charge is 0.394 e. The van der Waals surface area contributed by atoms with E-state index in [1.807, 2.05) is 6.92 Å². The normalized spacial score (nSPS) is 34.6. The molecule has 0 spiro atoms. The summed E-state index contributed by atoms with van der Waals surface area (Å²) in [5, 5.41) is 38.2. The molecule has 1 rings (SSSR count). The highest BCUT2D eigenvalue weighted by Crippen LogP contribution is 2.19. The van der Waals surface area contributed by atoms with E-state index in [2.05, 4.69) is 5.43 Å². The molecule has 0 aromatic rings. The van der Waals surface area contributed by atoms with Gasteiger partial charge < -0.3 is 25.2 Å². The summed E-state index contributed by atoms with van der Waals surface area (Å²) in [5.74, 6) is -0.512. The monoisotopic (exact) mass is 293 g/mol. The summed E-state index contributed by atoms with van der Waals surface area (Å²) < 4.78 is 12.5. The van der Waals surface area contributed by atoms with Crippen LogP contribution in [0.3, 0.4) is 0 Å². The predicted molar refractivity (Wildman–Crippen MR) is 69.2 cm³/mol. The van der Waals surface area contributed by atoms with E-state index < -0.39 is 43.2 Å². The van der Waals surface area contributed by atoms with E-state index in [9.17, 15) is 20.1 Å². The molecule has 1 fully saturated rings. The molecule has 0 aliphatic carbocycles. The average Bonchev–Trinajstić information content (AvgIpc) is 2.47. The fraction of sp³-hybridized carbons (Fsp3) is 0.917. The van der Waals surface area contributed by atoms with Crippen molar-refractivity contribution < 1.29 is 31.4 Å². The molecule has 0 bridgehead atoms. The third-order valence-electron chi connectivity index (χ3n) is 3.23. The van der Waals surface area contributed by atoms with Crippen LogP contribution in [-0.2, 0) is 9.53 Å². The summed E-state index contributed by atoms with van der Waals surface area (Å²) in [4.78, 5) is 11.7. The number of hydrogen-bond donors (Lipinski definition) is 6. The Morgan fingerprint density at radius 2 is 2.00 bits per heavy atom. The third kappa shape index (κ3) is 4.65. The van der Waals surface area contributed by atoms with Crippen molar-refractivity contribution in [2.75, 3.05) is 6.61 Å². The van der Waals surface area contributed by atoms with Gasteiger partial charge >= 0.3 is 0 Å². The van der Waals surface area contributed by atoms with Gasteiger partial charge in [-0.3, -0.25) is 10.2 Å². The highest BCUT2D eigenvalue weighted by atomic mass is 16.6. The number of aliphatic hydroxyl groups excluding tert-OH is 4. The second-order valence-electron chi connectivity index (χ2n) is 4.85. The Morgan fingerprint density at radius 1 is 1.30 bits per heavy atom. The Balaban J connectivity index is 2.54. The molecule has 1 saturated heterocycles. The van der Waals surface area contributed by atoms with Crippen molar-refractivity contribution in [2.24, 2.45) is 0 Å². The summed E-state index contributed by atoms with van der Waals surface area (Å²) in [6.07, 6.45) is -2.96. The predicted octanol–water partition coefficient (Wildman–Crippen LogP) is -2.01. The zero-order valence-electron chi connectivity index (χ0n) is 12.5. The molecule has 5 atom stereocenters. The molecule has 118 valence electrons. The Morgan fingerprint density at radius 3 is 2.60 bits per heavy atom. The van der Waals surface area contributed by atoms with Crippen LogP contribution in [0.1, 0.15) is 32.6 Å². The number of amides is 1. The SMILES string of the molecule is [2H]N(N[C@H]1C(O)O[C@H](CO)[C@@H](O)[C@@H]1O)C(=O)CCCCC. The van der Waals surface area contributed by atoms with Gasteiger partial charge in [0.15, 0.2) is 7.70 Å². The van der Waals surface area contributed by atoms with E-state index in [4.69, 9.17) is 11.3 Å². The second-order valence-corrected chi connectivity index (χ2v) is 4.85. The van der Waals surface area contributed by atoms with Gasteiger partial charge in [-0.15, -0.1) is 0 Å². The Labute approximate surface area is 119 Å². The van der Waals surface area contributed by atoms with Crippen LogP contribution in [0.25, 0.3) is 0 Å². The van der Waals surface area contributed by atoms with Crippen molar-refractivity contribution in [3.05, 3.63) is 0 Å². The Kier molecular flexibility index (Phi) is 6.64. The van der Waals surface area contributed by atoms with Crippen molar-refractivity contribution in [2.45, 2.75) is 63.3 Å². The molecule has 0 aromatic carbocycles. The van der Waals surface area contributed by atoms with Crippen molar-refractivity contribution in [1.29, 1.82) is 0 Å². The first kappa shape index (κ1) is 15.6. The summed E-state index contributed by atoms with van der Waals surface area (Å²) in [6, 6.07) is -1.24. The lowest BCUT2D eigenvalue weighted by atomic mass is 9.98. The van der Waals surface area contributed by atoms with Gasteiger partial charge in [0.05, 0.1) is 6.61 Å². The number of carbonyl (C=O) groups is 1. The lowest BCUT2D eigenvalue weighted by Crippen LogP contribution is -2.66. The number of unbranched alkanes of at least 4 members (excludes halogenated alkanes) is 2. The standard InChI is InChI=1S/C12H24N2O6/c1-2-3-4-5-8(16)13-14-9-11(18)10(17)7(6-15)20-12(9)19/h7,9-12,14-15,17-19H,2-6H2,1H3,(H,13,16)/t7-,9-,10-,11-,12?/m1/s1/i/hD. The van der Waals surface area contributed by atoms with E-state index in [0.717, 1.165) is 12.8 Å². The van der Waals surface area contributed by atoms with E-state index in [-0.39, 0.29) is 6.42 Å². The van der Waals surface area contributed by atoms with E-state index in [1.165, 1.54) is 0 Å². The maximum absolute atomic E-state index is 11.7. The first-order chi connectivity index (χ1) is 9.92. The molecule has 1 unspecified atom stereocenters. The number of hydrogen-bond acceptors (Lipinski definition) is 7. The maximum Gasteiger partial charge on any atom is 0.234 e. The molecule has 1 aliphatic rings. The van der Waals surface area contributed by atoms with Crippen LogP contribution in [0.4, 0.5) is 0 Å². The number of carbonyl (C=O) groups excluding carboxylic acids is 1. The van der Waals surface area contributed by atoms with Crippen LogP contribution in [0.5, 0.6) is 0 Å². The summed E-state index contributed by atoms with van der Waals surface area (Å²) in [5.41, 5.74) is 2.74. The summed E-state index contributed by atoms with van der Waals surface area (Å²) in [7, 11) is 0. The Bertz CT molecular complexity index is 335. The molecule has 8 heteroatoms. The van der Waals surface area contributed by atoms with Crippen molar-refractivity contribution >= 4 is 5.91 Å². The summed E-state index contributed by atoms with van der Waals surface area (Å²) in [6.45, 7) is 1.43. The molecule has 1 amide bonds. The van der Waals surface area contributed by atoms with Gasteiger partial charge in [0.2, 0.25) is 5.91 Å². The van der Waals surface area contributed by atoms with Gasteiger partial charge in [0, 0.05) is 6.42 Å². The molecule has 0 radical (unpaired) electrons. The van der Waals surface area contributed by atoms with Gasteiger partial charge in [-0.2, -0.15) is 0 Å². The molecule has 0 saturated carbocycles. The topological polar surface area (TPSA) is 131 Å². The van der Waals surface area contributed by atoms with Crippen LogP contribution in [0.15, 0.2) is 0 Å². The maximum atomic E-state index is 11.7. The van der Waals surface area contributed by atoms with E-state index >= 15 is 0 Å². The summed E-state index contributed by atoms with van der Waals surface area (Å²) >= 11 is 0. The lowest BCUT2D eigenvalue weighted by molar-refractivity contribution is -0.255. The highest BCUT2D eigenvalue weighted by molar-refractivity contribution is 5.75. The average molecular weight is 293 g/mol. The lowest BCUT2D eigenvalue weighted by Gasteiger charge is -2.40. The van der Waals surface area contributed by atoms with Crippen LogP contribution < -0.4 is 10.8 Å². The fourth-order valence-corrected chi connectivity index (χ4v) is 1.97. The van der Waals surface area contributed by atoms with Gasteiger partial charge in [-0.1, -0.05) is 19.8 Å². The number of nitrogens with one attached hydrogen (secondary N) is 2. The smallest absolute Gasteiger partial charge is 0.234 e.